The predicted octanol–water partition coefficient (Wildman–Crippen LogP) is 7.44. The second kappa shape index (κ2) is 18.7. The topological polar surface area (TPSA) is 37.3 Å². The summed E-state index contributed by atoms with van der Waals surface area (Å²) in [5.74, 6) is -0.722. The molecule has 1 atom stereocenters. The second-order valence-corrected chi connectivity index (χ2v) is 13.2. The number of carbonyl (C=O) groups is 1. The molecule has 0 saturated heterocycles. The molecule has 25 heavy (non-hydrogen) atoms. The van der Waals surface area contributed by atoms with Gasteiger partial charge in [0.1, 0.15) is 0 Å². The molecule has 0 aromatic rings. The Bertz CT molecular complexity index is 270. The van der Waals surface area contributed by atoms with Crippen LogP contribution in [0.25, 0.3) is 0 Å². The van der Waals surface area contributed by atoms with Gasteiger partial charge < -0.3 is 5.11 Å². The van der Waals surface area contributed by atoms with Crippen LogP contribution in [-0.2, 0) is 4.79 Å². The molecule has 154 valence electrons. The maximum absolute atomic E-state index is 10.6. The average molecular weight is 377 g/mol. The van der Waals surface area contributed by atoms with Crippen LogP contribution in [0, 0.1) is 5.92 Å². The first kappa shape index (κ1) is 27.1. The van der Waals surface area contributed by atoms with Gasteiger partial charge in [-0.2, -0.15) is 0 Å². The number of carboxylic acids is 1. The summed E-state index contributed by atoms with van der Waals surface area (Å²) in [4.78, 5) is 10.6. The third-order valence-corrected chi connectivity index (χ3v) is 9.98. The molecule has 0 rings (SSSR count). The molecule has 1 N–H and O–H groups in total. The summed E-state index contributed by atoms with van der Waals surface area (Å²) in [6.45, 7) is 13.7. The molecule has 1 unspecified atom stereocenters. The summed E-state index contributed by atoms with van der Waals surface area (Å²) < 4.78 is 0. The van der Waals surface area contributed by atoms with Crippen LogP contribution in [-0.4, -0.2) is 36.2 Å². The number of aliphatic carboxylic acids is 1. The van der Waals surface area contributed by atoms with E-state index in [0.29, 0.717) is 0 Å². The van der Waals surface area contributed by atoms with E-state index in [1.165, 1.54) is 38.5 Å². The van der Waals surface area contributed by atoms with Crippen LogP contribution in [0.15, 0.2) is 0 Å². The Balaban J connectivity index is 0. The quantitative estimate of drug-likeness (QED) is 0.301. The molecule has 0 saturated carbocycles. The van der Waals surface area contributed by atoms with Crippen LogP contribution in [0.4, 0.5) is 0 Å². The molecule has 0 aromatic heterocycles. The molecule has 2 nitrogen and oxygen atoms in total. The van der Waals surface area contributed by atoms with E-state index < -0.39 is 13.2 Å². The molecular formula is C22H49O2P. The number of rotatable bonds is 15. The Morgan fingerprint density at radius 1 is 0.720 bits per heavy atom. The van der Waals surface area contributed by atoms with Crippen molar-refractivity contribution in [2.24, 2.45) is 5.92 Å². The summed E-state index contributed by atoms with van der Waals surface area (Å²) >= 11 is 0. The molecule has 0 bridgehead atoms. The van der Waals surface area contributed by atoms with Gasteiger partial charge in [-0.15, -0.1) is 0 Å². The van der Waals surface area contributed by atoms with Gasteiger partial charge in [0.05, 0.1) is 5.92 Å². The Morgan fingerprint density at radius 3 is 1.40 bits per heavy atom. The maximum atomic E-state index is 10.6. The van der Waals surface area contributed by atoms with E-state index >= 15 is 0 Å². The van der Waals surface area contributed by atoms with Crippen LogP contribution in [0.3, 0.4) is 0 Å². The van der Waals surface area contributed by atoms with Crippen molar-refractivity contribution >= 4 is 13.2 Å². The third-order valence-electron chi connectivity index (χ3n) is 5.29. The zero-order valence-electron chi connectivity index (χ0n) is 18.3. The van der Waals surface area contributed by atoms with E-state index in [2.05, 4.69) is 34.4 Å². The van der Waals surface area contributed by atoms with Crippen molar-refractivity contribution < 1.29 is 9.90 Å². The van der Waals surface area contributed by atoms with Gasteiger partial charge in [0.2, 0.25) is 0 Å². The molecular weight excluding hydrogens is 327 g/mol. The van der Waals surface area contributed by atoms with Crippen molar-refractivity contribution in [3.63, 3.8) is 0 Å². The van der Waals surface area contributed by atoms with Crippen LogP contribution in [0.5, 0.6) is 0 Å². The van der Waals surface area contributed by atoms with Crippen molar-refractivity contribution in [1.82, 2.24) is 0 Å². The average Bonchev–Trinajstić information content (AvgIpc) is 2.60. The Kier molecular flexibility index (Phi) is 20.3. The van der Waals surface area contributed by atoms with Crippen molar-refractivity contribution in [2.75, 3.05) is 25.2 Å². The van der Waals surface area contributed by atoms with Gasteiger partial charge in [0.25, 0.3) is 0 Å². The summed E-state index contributed by atoms with van der Waals surface area (Å²) in [7, 11) is -0.812. The van der Waals surface area contributed by atoms with Gasteiger partial charge >= 0.3 is 97.7 Å². The fourth-order valence-electron chi connectivity index (χ4n) is 3.38. The van der Waals surface area contributed by atoms with Crippen molar-refractivity contribution in [1.29, 1.82) is 0 Å². The number of carboxylic acid groups (broad SMARTS) is 1. The molecule has 0 heterocycles. The van der Waals surface area contributed by atoms with Crippen LogP contribution in [0.1, 0.15) is 105 Å². The SMILES string of the molecule is CCCCC(CCC)C(=O)O.CCCC[PH](C)(CCCC)CCCC. The molecule has 0 spiro atoms. The monoisotopic (exact) mass is 376 g/mol. The van der Waals surface area contributed by atoms with Gasteiger partial charge in [-0.05, 0) is 12.8 Å². The standard InChI is InChI=1S/C13H31P.C9H18O2/c1-5-8-11-14(4,12-9-6-2)13-10-7-3;1-3-5-7-8(6-4-2)9(10)11/h14H,5-13H2,1-4H3;8H,3-7H2,1-2H3,(H,10,11). The molecule has 0 aliphatic heterocycles. The van der Waals surface area contributed by atoms with Crippen molar-refractivity contribution in [2.45, 2.75) is 105 Å². The number of hydrogen-bond donors (Lipinski definition) is 1. The molecule has 0 aliphatic rings. The van der Waals surface area contributed by atoms with Gasteiger partial charge in [0.15, 0.2) is 0 Å². The van der Waals surface area contributed by atoms with Crippen molar-refractivity contribution in [3.8, 4) is 0 Å². The van der Waals surface area contributed by atoms with Crippen molar-refractivity contribution in [3.05, 3.63) is 0 Å². The second-order valence-electron chi connectivity index (χ2n) is 8.09. The van der Waals surface area contributed by atoms with Crippen LogP contribution in [0.2, 0.25) is 0 Å². The fourth-order valence-corrected chi connectivity index (χ4v) is 7.75. The minimum absolute atomic E-state index is 0.0973. The predicted molar refractivity (Wildman–Crippen MR) is 119 cm³/mol. The first-order valence-corrected chi connectivity index (χ1v) is 14.3. The first-order valence-electron chi connectivity index (χ1n) is 11.1. The zero-order valence-corrected chi connectivity index (χ0v) is 19.3. The molecule has 0 radical (unpaired) electrons. The summed E-state index contributed by atoms with van der Waals surface area (Å²) in [6.07, 6.45) is 18.2. The molecule has 0 aromatic carbocycles. The third kappa shape index (κ3) is 17.1. The fraction of sp³-hybridized carbons (Fsp3) is 0.955. The van der Waals surface area contributed by atoms with Gasteiger partial charge in [-0.3, -0.25) is 4.79 Å². The van der Waals surface area contributed by atoms with Gasteiger partial charge in [-0.1, -0.05) is 33.1 Å². The van der Waals surface area contributed by atoms with E-state index in [0.717, 1.165) is 32.1 Å². The first-order chi connectivity index (χ1) is 11.9. The van der Waals surface area contributed by atoms with Gasteiger partial charge in [-0.25, -0.2) is 0 Å². The minimum atomic E-state index is -0.812. The normalized spacial score (nSPS) is 13.0. The van der Waals surface area contributed by atoms with E-state index in [4.69, 9.17) is 5.11 Å². The van der Waals surface area contributed by atoms with E-state index in [-0.39, 0.29) is 5.92 Å². The van der Waals surface area contributed by atoms with Gasteiger partial charge in [0, 0.05) is 0 Å². The molecule has 0 fully saturated rings. The van der Waals surface area contributed by atoms with E-state index in [1.807, 2.05) is 6.92 Å². The molecule has 3 heteroatoms. The van der Waals surface area contributed by atoms with E-state index in [1.54, 1.807) is 18.5 Å². The Morgan fingerprint density at radius 2 is 1.12 bits per heavy atom. The van der Waals surface area contributed by atoms with Crippen LogP contribution < -0.4 is 0 Å². The Hall–Kier alpha value is -0.100. The Labute approximate surface area is 159 Å². The summed E-state index contributed by atoms with van der Waals surface area (Å²) in [5.41, 5.74) is 0. The zero-order chi connectivity index (χ0) is 19.6. The molecule has 0 amide bonds. The summed E-state index contributed by atoms with van der Waals surface area (Å²) in [6, 6.07) is 0. The number of hydrogen-bond acceptors (Lipinski definition) is 1. The van der Waals surface area contributed by atoms with E-state index in [9.17, 15) is 4.79 Å². The number of unbranched alkanes of at least 4 members (excludes halogenated alkanes) is 4. The molecule has 0 aliphatic carbocycles. The summed E-state index contributed by atoms with van der Waals surface area (Å²) in [5, 5.41) is 8.73. The van der Waals surface area contributed by atoms with Crippen LogP contribution >= 0.6 is 7.26 Å².